The van der Waals surface area contributed by atoms with Gasteiger partial charge in [-0.25, -0.2) is 0 Å². The zero-order valence-corrected chi connectivity index (χ0v) is 8.99. The summed E-state index contributed by atoms with van der Waals surface area (Å²) < 4.78 is 0. The molecular formula is C7H12O5S2. The summed E-state index contributed by atoms with van der Waals surface area (Å²) in [4.78, 5) is 20.9. The molecule has 0 amide bonds. The van der Waals surface area contributed by atoms with Gasteiger partial charge in [0, 0.05) is 11.0 Å². The van der Waals surface area contributed by atoms with Crippen LogP contribution < -0.4 is 0 Å². The fourth-order valence-electron chi connectivity index (χ4n) is 0.918. The van der Waals surface area contributed by atoms with Gasteiger partial charge in [0.15, 0.2) is 0 Å². The average molecular weight is 240 g/mol. The summed E-state index contributed by atoms with van der Waals surface area (Å²) in [5.41, 5.74) is 0. The molecule has 0 aromatic rings. The number of aliphatic hydroxyl groups excluding tert-OH is 1. The monoisotopic (exact) mass is 240 g/mol. The quantitative estimate of drug-likeness (QED) is 0.413. The molecule has 0 aromatic carbocycles. The number of thiol groups is 2. The third kappa shape index (κ3) is 4.21. The van der Waals surface area contributed by atoms with Crippen LogP contribution in [0.3, 0.4) is 0 Å². The first kappa shape index (κ1) is 13.6. The second-order valence-electron chi connectivity index (χ2n) is 2.78. The van der Waals surface area contributed by atoms with Crippen LogP contribution in [0.15, 0.2) is 0 Å². The zero-order chi connectivity index (χ0) is 11.3. The third-order valence-electron chi connectivity index (χ3n) is 1.71. The van der Waals surface area contributed by atoms with Gasteiger partial charge in [-0.1, -0.05) is 0 Å². The number of carboxylic acids is 2. The lowest BCUT2D eigenvalue weighted by molar-refractivity contribution is -0.152. The second kappa shape index (κ2) is 6.15. The predicted molar refractivity (Wildman–Crippen MR) is 56.0 cm³/mol. The van der Waals surface area contributed by atoms with Crippen molar-refractivity contribution in [3.05, 3.63) is 0 Å². The van der Waals surface area contributed by atoms with Crippen molar-refractivity contribution in [3.63, 3.8) is 0 Å². The molecule has 0 aliphatic carbocycles. The highest BCUT2D eigenvalue weighted by Gasteiger charge is 2.32. The molecule has 0 rings (SSSR count). The molecule has 7 heteroatoms. The van der Waals surface area contributed by atoms with Crippen LogP contribution in [0.1, 0.15) is 6.42 Å². The van der Waals surface area contributed by atoms with Crippen molar-refractivity contribution < 1.29 is 24.9 Å². The number of carboxylic acid groups (broad SMARTS) is 2. The number of hydrogen-bond donors (Lipinski definition) is 5. The fraction of sp³-hybridized carbons (Fsp3) is 0.714. The van der Waals surface area contributed by atoms with Crippen molar-refractivity contribution >= 4 is 37.2 Å². The van der Waals surface area contributed by atoms with Crippen molar-refractivity contribution in [1.29, 1.82) is 0 Å². The minimum Gasteiger partial charge on any atom is -0.481 e. The van der Waals surface area contributed by atoms with E-state index >= 15 is 0 Å². The lowest BCUT2D eigenvalue weighted by atomic mass is 9.96. The molecular weight excluding hydrogens is 228 g/mol. The lowest BCUT2D eigenvalue weighted by Gasteiger charge is -2.21. The van der Waals surface area contributed by atoms with Gasteiger partial charge in [-0.3, -0.25) is 9.59 Å². The Morgan fingerprint density at radius 3 is 2.07 bits per heavy atom. The first-order valence-electron chi connectivity index (χ1n) is 3.81. The number of aliphatic carboxylic acids is 2. The number of carbonyl (C=O) groups is 2. The average Bonchev–Trinajstić information content (AvgIpc) is 2.11. The van der Waals surface area contributed by atoms with E-state index in [-0.39, 0.29) is 5.75 Å². The molecule has 0 fully saturated rings. The topological polar surface area (TPSA) is 94.8 Å². The molecule has 3 unspecified atom stereocenters. The molecule has 0 heterocycles. The molecule has 0 aliphatic rings. The van der Waals surface area contributed by atoms with Gasteiger partial charge < -0.3 is 15.3 Å². The van der Waals surface area contributed by atoms with Crippen LogP contribution in [0.2, 0.25) is 0 Å². The van der Waals surface area contributed by atoms with Gasteiger partial charge in [0.05, 0.1) is 18.4 Å². The van der Waals surface area contributed by atoms with Gasteiger partial charge in [0.2, 0.25) is 0 Å². The maximum Gasteiger partial charge on any atom is 0.309 e. The molecule has 0 bridgehead atoms. The summed E-state index contributed by atoms with van der Waals surface area (Å²) in [6.45, 7) is 0. The highest BCUT2D eigenvalue weighted by atomic mass is 32.1. The first-order valence-corrected chi connectivity index (χ1v) is 4.96. The number of hydrogen-bond acceptors (Lipinski definition) is 5. The summed E-state index contributed by atoms with van der Waals surface area (Å²) in [5, 5.41) is 25.8. The Morgan fingerprint density at radius 1 is 1.29 bits per heavy atom. The summed E-state index contributed by atoms with van der Waals surface area (Å²) in [6.07, 6.45) is -1.94. The second-order valence-corrected chi connectivity index (χ2v) is 3.81. The zero-order valence-electron chi connectivity index (χ0n) is 7.20. The highest BCUT2D eigenvalue weighted by molar-refractivity contribution is 7.84. The van der Waals surface area contributed by atoms with Gasteiger partial charge in [-0.15, -0.1) is 0 Å². The van der Waals surface area contributed by atoms with E-state index < -0.39 is 35.6 Å². The molecule has 0 aliphatic heterocycles. The Bertz CT molecular complexity index is 220. The van der Waals surface area contributed by atoms with Gasteiger partial charge in [-0.05, 0) is 0 Å². The molecule has 5 nitrogen and oxygen atoms in total. The largest absolute Gasteiger partial charge is 0.481 e. The van der Waals surface area contributed by atoms with Crippen LogP contribution in [0.5, 0.6) is 0 Å². The Balaban J connectivity index is 4.48. The van der Waals surface area contributed by atoms with E-state index in [0.29, 0.717) is 0 Å². The molecule has 3 N–H and O–H groups in total. The van der Waals surface area contributed by atoms with E-state index in [1.165, 1.54) is 0 Å². The molecule has 82 valence electrons. The maximum atomic E-state index is 10.6. The van der Waals surface area contributed by atoms with Gasteiger partial charge >= 0.3 is 11.9 Å². The van der Waals surface area contributed by atoms with Crippen molar-refractivity contribution in [2.45, 2.75) is 17.8 Å². The molecule has 0 aromatic heterocycles. The van der Waals surface area contributed by atoms with Crippen molar-refractivity contribution in [2.75, 3.05) is 5.75 Å². The molecule has 0 radical (unpaired) electrons. The SMILES string of the molecule is O=C(O)CC(C(=O)O)C(O)C(S)CS. The van der Waals surface area contributed by atoms with Crippen LogP contribution in [0.4, 0.5) is 0 Å². The van der Waals surface area contributed by atoms with Crippen LogP contribution in [0, 0.1) is 5.92 Å². The van der Waals surface area contributed by atoms with Crippen LogP contribution in [-0.4, -0.2) is 44.4 Å². The summed E-state index contributed by atoms with van der Waals surface area (Å²) in [5.74, 6) is -3.78. The van der Waals surface area contributed by atoms with Crippen LogP contribution in [0.25, 0.3) is 0 Å². The molecule has 0 saturated carbocycles. The van der Waals surface area contributed by atoms with Gasteiger partial charge in [-0.2, -0.15) is 25.3 Å². The molecule has 0 saturated heterocycles. The van der Waals surface area contributed by atoms with Crippen molar-refractivity contribution in [1.82, 2.24) is 0 Å². The van der Waals surface area contributed by atoms with E-state index in [1.807, 2.05) is 0 Å². The smallest absolute Gasteiger partial charge is 0.309 e. The summed E-state index contributed by atoms with van der Waals surface area (Å²) in [6, 6.07) is 0. The third-order valence-corrected chi connectivity index (χ3v) is 2.87. The first-order chi connectivity index (χ1) is 6.40. The predicted octanol–water partition coefficient (Wildman–Crippen LogP) is -0.249. The van der Waals surface area contributed by atoms with E-state index in [2.05, 4.69) is 25.3 Å². The Morgan fingerprint density at radius 2 is 1.79 bits per heavy atom. The van der Waals surface area contributed by atoms with Gasteiger partial charge in [0.1, 0.15) is 0 Å². The maximum absolute atomic E-state index is 10.6. The lowest BCUT2D eigenvalue weighted by Crippen LogP contribution is -2.37. The van der Waals surface area contributed by atoms with Gasteiger partial charge in [0.25, 0.3) is 0 Å². The standard InChI is InChI=1S/C7H12O5S2/c8-5(9)1-3(7(11)12)6(10)4(14)2-13/h3-4,6,10,13-14H,1-2H2,(H,8,9)(H,11,12). The van der Waals surface area contributed by atoms with E-state index in [9.17, 15) is 14.7 Å². The van der Waals surface area contributed by atoms with E-state index in [1.54, 1.807) is 0 Å². The van der Waals surface area contributed by atoms with Crippen LogP contribution >= 0.6 is 25.3 Å². The number of aliphatic hydroxyl groups is 1. The Hall–Kier alpha value is -0.400. The molecule has 0 spiro atoms. The van der Waals surface area contributed by atoms with E-state index in [0.717, 1.165) is 0 Å². The Labute approximate surface area is 91.9 Å². The molecule has 3 atom stereocenters. The highest BCUT2D eigenvalue weighted by Crippen LogP contribution is 2.17. The summed E-state index contributed by atoms with van der Waals surface area (Å²) >= 11 is 7.73. The minimum absolute atomic E-state index is 0.174. The fourth-order valence-corrected chi connectivity index (χ4v) is 1.34. The number of rotatable bonds is 6. The normalized spacial score (nSPS) is 17.1. The van der Waals surface area contributed by atoms with E-state index in [4.69, 9.17) is 10.2 Å². The minimum atomic E-state index is -1.35. The molecule has 14 heavy (non-hydrogen) atoms. The van der Waals surface area contributed by atoms with Crippen LogP contribution in [-0.2, 0) is 9.59 Å². The van der Waals surface area contributed by atoms with Crippen molar-refractivity contribution in [2.24, 2.45) is 5.92 Å². The summed E-state index contributed by atoms with van der Waals surface area (Å²) in [7, 11) is 0. The van der Waals surface area contributed by atoms with Crippen molar-refractivity contribution in [3.8, 4) is 0 Å². The Kier molecular flexibility index (Phi) is 5.98.